The average Bonchev–Trinajstić information content (AvgIpc) is 3.04. The second-order valence-corrected chi connectivity index (χ2v) is 6.22. The molecule has 0 spiro atoms. The molecule has 1 saturated heterocycles. The van der Waals surface area contributed by atoms with Crippen LogP contribution in [0.2, 0.25) is 0 Å². The molecule has 130 valence electrons. The number of aliphatic hydroxyl groups is 1. The van der Waals surface area contributed by atoms with Crippen molar-refractivity contribution in [1.29, 1.82) is 0 Å². The molecular formula is C19H19NO5. The molecule has 1 fully saturated rings. The Hall–Kier alpha value is -2.70. The zero-order valence-corrected chi connectivity index (χ0v) is 13.5. The van der Waals surface area contributed by atoms with E-state index in [-0.39, 0.29) is 19.6 Å². The van der Waals surface area contributed by atoms with Crippen LogP contribution in [-0.2, 0) is 9.53 Å². The van der Waals surface area contributed by atoms with Gasteiger partial charge in [-0.25, -0.2) is 4.79 Å². The van der Waals surface area contributed by atoms with Crippen LogP contribution in [0.1, 0.15) is 16.8 Å². The van der Waals surface area contributed by atoms with E-state index in [9.17, 15) is 14.7 Å². The summed E-state index contributed by atoms with van der Waals surface area (Å²) in [5.74, 6) is -1.58. The smallest absolute Gasteiger partial charge is 0.338 e. The van der Waals surface area contributed by atoms with Gasteiger partial charge in [-0.1, -0.05) is 42.5 Å². The number of ether oxygens (including phenoxy) is 1. The van der Waals surface area contributed by atoms with Crippen molar-refractivity contribution in [2.24, 2.45) is 0 Å². The largest absolute Gasteiger partial charge is 0.480 e. The van der Waals surface area contributed by atoms with Gasteiger partial charge in [-0.2, -0.15) is 0 Å². The Morgan fingerprint density at radius 2 is 1.72 bits per heavy atom. The molecule has 0 radical (unpaired) electrons. The fourth-order valence-corrected chi connectivity index (χ4v) is 2.83. The summed E-state index contributed by atoms with van der Waals surface area (Å²) in [6, 6.07) is 16.0. The maximum atomic E-state index is 12.1. The standard InChI is InChI=1S/C19H19NO5/c21-17(22)16-10-19(24,11-20-16)12-25-18(23)15-8-6-14(7-9-15)13-4-2-1-3-5-13/h1-9,16,20,24H,10-12H2,(H,21,22)/t16-,19-/m0/s1. The van der Waals surface area contributed by atoms with Gasteiger partial charge in [-0.3, -0.25) is 4.79 Å². The van der Waals surface area contributed by atoms with Crippen molar-refractivity contribution >= 4 is 11.9 Å². The summed E-state index contributed by atoms with van der Waals surface area (Å²) in [6.45, 7) is -0.173. The number of carbonyl (C=O) groups is 2. The summed E-state index contributed by atoms with van der Waals surface area (Å²) in [4.78, 5) is 23.1. The van der Waals surface area contributed by atoms with Gasteiger partial charge in [0.05, 0.1) is 5.56 Å². The van der Waals surface area contributed by atoms with Crippen LogP contribution in [0.5, 0.6) is 0 Å². The molecule has 0 bridgehead atoms. The first-order valence-corrected chi connectivity index (χ1v) is 7.98. The van der Waals surface area contributed by atoms with Crippen LogP contribution in [0, 0.1) is 0 Å². The number of carboxylic acids is 1. The zero-order valence-electron chi connectivity index (χ0n) is 13.5. The van der Waals surface area contributed by atoms with Crippen LogP contribution in [0.25, 0.3) is 11.1 Å². The molecule has 0 unspecified atom stereocenters. The highest BCUT2D eigenvalue weighted by atomic mass is 16.5. The summed E-state index contributed by atoms with van der Waals surface area (Å²) < 4.78 is 5.17. The number of hydrogen-bond donors (Lipinski definition) is 3. The molecule has 3 rings (SSSR count). The van der Waals surface area contributed by atoms with Gasteiger partial charge in [0, 0.05) is 13.0 Å². The first-order chi connectivity index (χ1) is 12.0. The maximum Gasteiger partial charge on any atom is 0.338 e. The van der Waals surface area contributed by atoms with Gasteiger partial charge in [0.15, 0.2) is 0 Å². The van der Waals surface area contributed by atoms with E-state index in [1.54, 1.807) is 12.1 Å². The van der Waals surface area contributed by atoms with Crippen molar-refractivity contribution in [2.75, 3.05) is 13.2 Å². The van der Waals surface area contributed by atoms with Crippen molar-refractivity contribution in [3.8, 4) is 11.1 Å². The molecule has 1 heterocycles. The lowest BCUT2D eigenvalue weighted by atomic mass is 10.0. The molecule has 6 nitrogen and oxygen atoms in total. The summed E-state index contributed by atoms with van der Waals surface area (Å²) in [5, 5.41) is 21.9. The lowest BCUT2D eigenvalue weighted by molar-refractivity contribution is -0.139. The fourth-order valence-electron chi connectivity index (χ4n) is 2.83. The van der Waals surface area contributed by atoms with E-state index in [0.717, 1.165) is 11.1 Å². The first-order valence-electron chi connectivity index (χ1n) is 7.98. The Labute approximate surface area is 145 Å². The average molecular weight is 341 g/mol. The van der Waals surface area contributed by atoms with E-state index in [4.69, 9.17) is 9.84 Å². The topological polar surface area (TPSA) is 95.9 Å². The Morgan fingerprint density at radius 1 is 1.08 bits per heavy atom. The number of hydrogen-bond acceptors (Lipinski definition) is 5. The van der Waals surface area contributed by atoms with E-state index < -0.39 is 23.6 Å². The molecule has 6 heteroatoms. The van der Waals surface area contributed by atoms with E-state index >= 15 is 0 Å². The van der Waals surface area contributed by atoms with Gasteiger partial charge in [-0.15, -0.1) is 0 Å². The number of β-amino-alcohol motifs (C(OH)–C–C–N with tert-alkyl or cyclic N) is 1. The Bertz CT molecular complexity index is 759. The van der Waals surface area contributed by atoms with Gasteiger partial charge in [-0.05, 0) is 23.3 Å². The van der Waals surface area contributed by atoms with E-state index in [1.165, 1.54) is 0 Å². The summed E-state index contributed by atoms with van der Waals surface area (Å²) in [6.07, 6.45) is 0.00254. The van der Waals surface area contributed by atoms with Crippen LogP contribution in [0.15, 0.2) is 54.6 Å². The van der Waals surface area contributed by atoms with Crippen molar-refractivity contribution in [3.63, 3.8) is 0 Å². The lowest BCUT2D eigenvalue weighted by Crippen LogP contribution is -2.37. The second kappa shape index (κ2) is 7.04. The van der Waals surface area contributed by atoms with Crippen molar-refractivity contribution in [1.82, 2.24) is 5.32 Å². The molecule has 1 aliphatic heterocycles. The number of aliphatic carboxylic acids is 1. The molecule has 0 saturated carbocycles. The molecule has 25 heavy (non-hydrogen) atoms. The summed E-state index contributed by atoms with van der Waals surface area (Å²) in [7, 11) is 0. The number of esters is 1. The third-order valence-electron chi connectivity index (χ3n) is 4.26. The van der Waals surface area contributed by atoms with E-state index in [1.807, 2.05) is 42.5 Å². The Balaban J connectivity index is 1.59. The third kappa shape index (κ3) is 4.04. The highest BCUT2D eigenvalue weighted by Crippen LogP contribution is 2.22. The van der Waals surface area contributed by atoms with Crippen molar-refractivity contribution in [2.45, 2.75) is 18.1 Å². The quantitative estimate of drug-likeness (QED) is 0.716. The summed E-state index contributed by atoms with van der Waals surface area (Å²) in [5.41, 5.74) is 1.06. The minimum atomic E-state index is -1.36. The number of nitrogens with one attached hydrogen (secondary N) is 1. The SMILES string of the molecule is O=C(OC[C@@]1(O)CN[C@H](C(=O)O)C1)c1ccc(-c2ccccc2)cc1. The lowest BCUT2D eigenvalue weighted by Gasteiger charge is -2.20. The molecule has 2 atom stereocenters. The Morgan fingerprint density at radius 3 is 2.32 bits per heavy atom. The monoisotopic (exact) mass is 341 g/mol. The van der Waals surface area contributed by atoms with Crippen LogP contribution in [0.4, 0.5) is 0 Å². The normalized spacial score (nSPS) is 22.5. The second-order valence-electron chi connectivity index (χ2n) is 6.22. The van der Waals surface area contributed by atoms with Crippen molar-refractivity contribution in [3.05, 3.63) is 60.2 Å². The molecule has 2 aromatic rings. The number of carboxylic acid groups (broad SMARTS) is 1. The molecule has 1 aliphatic rings. The van der Waals surface area contributed by atoms with Crippen LogP contribution < -0.4 is 5.32 Å². The predicted molar refractivity (Wildman–Crippen MR) is 91.2 cm³/mol. The first kappa shape index (κ1) is 17.1. The number of carbonyl (C=O) groups excluding carboxylic acids is 1. The number of rotatable bonds is 5. The van der Waals surface area contributed by atoms with Gasteiger partial charge in [0.25, 0.3) is 0 Å². The molecule has 0 aromatic heterocycles. The fraction of sp³-hybridized carbons (Fsp3) is 0.263. The van der Waals surface area contributed by atoms with Gasteiger partial charge in [0.2, 0.25) is 0 Å². The Kier molecular flexibility index (Phi) is 4.83. The highest BCUT2D eigenvalue weighted by Gasteiger charge is 2.41. The van der Waals surface area contributed by atoms with E-state index in [2.05, 4.69) is 5.32 Å². The van der Waals surface area contributed by atoms with Gasteiger partial charge < -0.3 is 20.3 Å². The highest BCUT2D eigenvalue weighted by molar-refractivity contribution is 5.90. The van der Waals surface area contributed by atoms with Crippen LogP contribution >= 0.6 is 0 Å². The molecule has 3 N–H and O–H groups in total. The van der Waals surface area contributed by atoms with Gasteiger partial charge in [0.1, 0.15) is 18.2 Å². The van der Waals surface area contributed by atoms with E-state index in [0.29, 0.717) is 5.56 Å². The molecule has 0 aliphatic carbocycles. The summed E-state index contributed by atoms with van der Waals surface area (Å²) >= 11 is 0. The minimum Gasteiger partial charge on any atom is -0.480 e. The zero-order chi connectivity index (χ0) is 17.9. The maximum absolute atomic E-state index is 12.1. The minimum absolute atomic E-state index is 0.00254. The third-order valence-corrected chi connectivity index (χ3v) is 4.26. The molecular weight excluding hydrogens is 322 g/mol. The number of benzene rings is 2. The van der Waals surface area contributed by atoms with Crippen LogP contribution in [0.3, 0.4) is 0 Å². The molecule has 0 amide bonds. The predicted octanol–water partition coefficient (Wildman–Crippen LogP) is 1.69. The van der Waals surface area contributed by atoms with Crippen LogP contribution in [-0.4, -0.2) is 46.9 Å². The van der Waals surface area contributed by atoms with Gasteiger partial charge >= 0.3 is 11.9 Å². The molecule has 2 aromatic carbocycles. The van der Waals surface area contributed by atoms with Crippen molar-refractivity contribution < 1.29 is 24.5 Å².